The normalized spacial score (nSPS) is 10.5. The van der Waals surface area contributed by atoms with E-state index in [0.29, 0.717) is 52.2 Å². The maximum Gasteiger partial charge on any atom is 0.303 e. The van der Waals surface area contributed by atoms with Crippen molar-refractivity contribution in [2.75, 3.05) is 39.5 Å². The van der Waals surface area contributed by atoms with Crippen molar-refractivity contribution >= 4 is 24.1 Å². The van der Waals surface area contributed by atoms with Crippen LogP contribution in [0.25, 0.3) is 0 Å². The average Bonchev–Trinajstić information content (AvgIpc) is 2.69. The molecule has 168 valence electrons. The number of unbranched alkanes of at least 4 members (excludes halogenated alkanes) is 5. The van der Waals surface area contributed by atoms with Gasteiger partial charge in [-0.15, -0.1) is 0 Å². The Hall–Kier alpha value is -2.00. The molecule has 0 aliphatic rings. The molecule has 0 aliphatic carbocycles. The number of ether oxygens (including phenoxy) is 2. The molecule has 0 bridgehead atoms. The van der Waals surface area contributed by atoms with Crippen LogP contribution < -0.4 is 10.6 Å². The lowest BCUT2D eigenvalue weighted by molar-refractivity contribution is -0.137. The van der Waals surface area contributed by atoms with Crippen LogP contribution in [-0.2, 0) is 28.7 Å². The summed E-state index contributed by atoms with van der Waals surface area (Å²) in [6.07, 6.45) is 7.38. The third-order valence-corrected chi connectivity index (χ3v) is 4.04. The summed E-state index contributed by atoms with van der Waals surface area (Å²) in [5.41, 5.74) is 0. The van der Waals surface area contributed by atoms with Crippen LogP contribution in [0.4, 0.5) is 0 Å². The van der Waals surface area contributed by atoms with Crippen molar-refractivity contribution in [2.24, 2.45) is 0 Å². The highest BCUT2D eigenvalue weighted by Gasteiger charge is 2.02. The van der Waals surface area contributed by atoms with Gasteiger partial charge in [-0.05, 0) is 12.8 Å². The monoisotopic (exact) mass is 416 g/mol. The lowest BCUT2D eigenvalue weighted by atomic mass is 10.1. The van der Waals surface area contributed by atoms with Gasteiger partial charge in [-0.3, -0.25) is 14.4 Å². The number of aldehydes is 1. The van der Waals surface area contributed by atoms with E-state index in [4.69, 9.17) is 14.6 Å². The lowest BCUT2D eigenvalue weighted by Gasteiger charge is -2.08. The Morgan fingerprint density at radius 1 is 0.690 bits per heavy atom. The van der Waals surface area contributed by atoms with Crippen molar-refractivity contribution in [3.63, 3.8) is 0 Å². The van der Waals surface area contributed by atoms with Crippen molar-refractivity contribution < 1.29 is 33.8 Å². The average molecular weight is 417 g/mol. The van der Waals surface area contributed by atoms with Crippen molar-refractivity contribution in [3.8, 4) is 0 Å². The minimum Gasteiger partial charge on any atom is -0.481 e. The molecule has 0 aromatic heterocycles. The molecule has 3 N–H and O–H groups in total. The van der Waals surface area contributed by atoms with E-state index in [1.54, 1.807) is 0 Å². The van der Waals surface area contributed by atoms with Gasteiger partial charge in [-0.25, -0.2) is 0 Å². The highest BCUT2D eigenvalue weighted by atomic mass is 16.5. The fraction of sp³-hybridized carbons (Fsp3) is 0.800. The molecule has 0 spiro atoms. The number of nitrogens with one attached hydrogen (secondary N) is 2. The van der Waals surface area contributed by atoms with E-state index in [1.165, 1.54) is 0 Å². The predicted octanol–water partition coefficient (Wildman–Crippen LogP) is 1.44. The number of carboxylic acids is 1. The number of carboxylic acid groups (broad SMARTS) is 1. The smallest absolute Gasteiger partial charge is 0.303 e. The topological polar surface area (TPSA) is 131 Å². The number of carbonyl (C=O) groups is 4. The minimum absolute atomic E-state index is 0.0149. The summed E-state index contributed by atoms with van der Waals surface area (Å²) in [7, 11) is 0. The SMILES string of the molecule is O=CCCC(=O)NCCOCCOCCNC(=O)CCCCCCCCC(=O)O. The number of rotatable bonds is 21. The van der Waals surface area contributed by atoms with Gasteiger partial charge < -0.3 is 30.0 Å². The molecule has 2 amide bonds. The van der Waals surface area contributed by atoms with Crippen LogP contribution in [0.2, 0.25) is 0 Å². The van der Waals surface area contributed by atoms with Gasteiger partial charge in [0.15, 0.2) is 0 Å². The van der Waals surface area contributed by atoms with E-state index in [0.717, 1.165) is 38.5 Å². The third kappa shape index (κ3) is 22.2. The second kappa shape index (κ2) is 20.7. The second-order valence-electron chi connectivity index (χ2n) is 6.65. The first kappa shape index (κ1) is 27.0. The van der Waals surface area contributed by atoms with Crippen LogP contribution in [0.1, 0.15) is 64.2 Å². The van der Waals surface area contributed by atoms with Crippen LogP contribution in [-0.4, -0.2) is 68.7 Å². The predicted molar refractivity (Wildman–Crippen MR) is 108 cm³/mol. The summed E-state index contributed by atoms with van der Waals surface area (Å²) >= 11 is 0. The van der Waals surface area contributed by atoms with E-state index in [-0.39, 0.29) is 31.1 Å². The van der Waals surface area contributed by atoms with Crippen molar-refractivity contribution in [1.29, 1.82) is 0 Å². The van der Waals surface area contributed by atoms with E-state index < -0.39 is 5.97 Å². The highest BCUT2D eigenvalue weighted by molar-refractivity contribution is 5.78. The van der Waals surface area contributed by atoms with Gasteiger partial charge in [0.1, 0.15) is 6.29 Å². The molecule has 0 aliphatic heterocycles. The van der Waals surface area contributed by atoms with Gasteiger partial charge in [-0.2, -0.15) is 0 Å². The summed E-state index contributed by atoms with van der Waals surface area (Å²) < 4.78 is 10.7. The van der Waals surface area contributed by atoms with Crippen molar-refractivity contribution in [1.82, 2.24) is 10.6 Å². The minimum atomic E-state index is -0.744. The van der Waals surface area contributed by atoms with Gasteiger partial charge in [0.25, 0.3) is 0 Å². The van der Waals surface area contributed by atoms with Crippen molar-refractivity contribution in [3.05, 3.63) is 0 Å². The number of aliphatic carboxylic acids is 1. The van der Waals surface area contributed by atoms with E-state index in [9.17, 15) is 19.2 Å². The molecule has 29 heavy (non-hydrogen) atoms. The Labute approximate surface area is 172 Å². The van der Waals surface area contributed by atoms with Crippen LogP contribution in [0.3, 0.4) is 0 Å². The Balaban J connectivity index is 3.24. The maximum atomic E-state index is 11.7. The molecule has 0 saturated heterocycles. The molecule has 0 aromatic carbocycles. The summed E-state index contributed by atoms with van der Waals surface area (Å²) in [6, 6.07) is 0. The Morgan fingerprint density at radius 3 is 1.69 bits per heavy atom. The lowest BCUT2D eigenvalue weighted by Crippen LogP contribution is -2.28. The van der Waals surface area contributed by atoms with Gasteiger partial charge in [-0.1, -0.05) is 25.7 Å². The first-order valence-corrected chi connectivity index (χ1v) is 10.4. The van der Waals surface area contributed by atoms with Gasteiger partial charge in [0.2, 0.25) is 11.8 Å². The summed E-state index contributed by atoms with van der Waals surface area (Å²) in [4.78, 5) is 43.4. The van der Waals surface area contributed by atoms with E-state index in [2.05, 4.69) is 10.6 Å². The molecule has 0 unspecified atom stereocenters. The zero-order chi connectivity index (χ0) is 21.6. The molecule has 0 fully saturated rings. The summed E-state index contributed by atoms with van der Waals surface area (Å²) in [6.45, 7) is 2.48. The largest absolute Gasteiger partial charge is 0.481 e. The molecule has 0 aromatic rings. The van der Waals surface area contributed by atoms with Crippen LogP contribution >= 0.6 is 0 Å². The molecule has 9 nitrogen and oxygen atoms in total. The molecule has 0 radical (unpaired) electrons. The molecule has 0 saturated carbocycles. The molecular weight excluding hydrogens is 380 g/mol. The zero-order valence-electron chi connectivity index (χ0n) is 17.3. The summed E-state index contributed by atoms with van der Waals surface area (Å²) in [5, 5.41) is 14.0. The van der Waals surface area contributed by atoms with Gasteiger partial charge >= 0.3 is 5.97 Å². The fourth-order valence-electron chi connectivity index (χ4n) is 2.48. The Bertz CT molecular complexity index is 458. The number of amides is 2. The second-order valence-corrected chi connectivity index (χ2v) is 6.65. The number of carbonyl (C=O) groups excluding carboxylic acids is 3. The van der Waals surface area contributed by atoms with Crippen LogP contribution in [0, 0.1) is 0 Å². The Kier molecular flexibility index (Phi) is 19.3. The molecule has 9 heteroatoms. The fourth-order valence-corrected chi connectivity index (χ4v) is 2.48. The first-order chi connectivity index (χ1) is 14.1. The van der Waals surface area contributed by atoms with Gasteiger partial charge in [0.05, 0.1) is 26.4 Å². The first-order valence-electron chi connectivity index (χ1n) is 10.4. The third-order valence-electron chi connectivity index (χ3n) is 4.04. The maximum absolute atomic E-state index is 11.7. The standard InChI is InChI=1S/C20H36N2O7/c23-13-7-9-19(25)22-12-15-29-17-16-28-14-11-21-18(24)8-5-3-1-2-4-6-10-20(26)27/h13H,1-12,14-17H2,(H,21,24)(H,22,25)(H,26,27). The van der Waals surface area contributed by atoms with Crippen molar-refractivity contribution in [2.45, 2.75) is 64.2 Å². The molecule has 0 atom stereocenters. The van der Waals surface area contributed by atoms with E-state index in [1.807, 2.05) is 0 Å². The number of hydrogen-bond donors (Lipinski definition) is 3. The summed E-state index contributed by atoms with van der Waals surface area (Å²) in [5.74, 6) is -0.892. The highest BCUT2D eigenvalue weighted by Crippen LogP contribution is 2.08. The molecule has 0 heterocycles. The van der Waals surface area contributed by atoms with Crippen LogP contribution in [0.5, 0.6) is 0 Å². The van der Waals surface area contributed by atoms with Crippen LogP contribution in [0.15, 0.2) is 0 Å². The quantitative estimate of drug-likeness (QED) is 0.191. The van der Waals surface area contributed by atoms with E-state index >= 15 is 0 Å². The van der Waals surface area contributed by atoms with Gasteiger partial charge in [0, 0.05) is 38.8 Å². The Morgan fingerprint density at radius 2 is 1.17 bits per heavy atom. The molecular formula is C20H36N2O7. The zero-order valence-corrected chi connectivity index (χ0v) is 17.3. The molecule has 0 rings (SSSR count). The number of hydrogen-bond acceptors (Lipinski definition) is 6.